The van der Waals surface area contributed by atoms with Gasteiger partial charge in [0.1, 0.15) is 6.54 Å². The van der Waals surface area contributed by atoms with Crippen LogP contribution in [0.3, 0.4) is 0 Å². The molecule has 3 heterocycles. The van der Waals surface area contributed by atoms with Gasteiger partial charge in [-0.3, -0.25) is 0 Å². The molecule has 0 aliphatic heterocycles. The van der Waals surface area contributed by atoms with E-state index in [0.29, 0.717) is 24.8 Å². The van der Waals surface area contributed by atoms with E-state index in [0.717, 1.165) is 10.6 Å². The average molecular weight is 276 g/mol. The van der Waals surface area contributed by atoms with Crippen molar-refractivity contribution in [1.29, 1.82) is 0 Å². The Balaban J connectivity index is 1.72. The quantitative estimate of drug-likeness (QED) is 0.753. The molecule has 98 valence electrons. The van der Waals surface area contributed by atoms with Gasteiger partial charge in [-0.1, -0.05) is 16.4 Å². The summed E-state index contributed by atoms with van der Waals surface area (Å²) in [6.45, 7) is 1.11. The predicted octanol–water partition coefficient (Wildman–Crippen LogP) is 1.16. The summed E-state index contributed by atoms with van der Waals surface area (Å²) in [6.07, 6.45) is 1.85. The third kappa shape index (κ3) is 2.69. The molecule has 0 atom stereocenters. The first-order valence-corrected chi connectivity index (χ1v) is 6.63. The highest BCUT2D eigenvalue weighted by atomic mass is 32.1. The van der Waals surface area contributed by atoms with Gasteiger partial charge in [-0.2, -0.15) is 4.98 Å². The number of aromatic nitrogens is 5. The molecule has 1 N–H and O–H groups in total. The van der Waals surface area contributed by atoms with Gasteiger partial charge in [0.2, 0.25) is 11.7 Å². The lowest BCUT2D eigenvalue weighted by Crippen LogP contribution is -2.05. The number of hydrogen-bond acceptors (Lipinski definition) is 7. The minimum atomic E-state index is 0.426. The van der Waals surface area contributed by atoms with E-state index in [1.54, 1.807) is 16.0 Å². The van der Waals surface area contributed by atoms with Crippen molar-refractivity contribution >= 4 is 11.3 Å². The van der Waals surface area contributed by atoms with Gasteiger partial charge in [-0.15, -0.1) is 16.4 Å². The lowest BCUT2D eigenvalue weighted by atomic mass is 10.4. The van der Waals surface area contributed by atoms with Gasteiger partial charge in [-0.25, -0.2) is 4.68 Å². The summed E-state index contributed by atoms with van der Waals surface area (Å²) in [5, 5.41) is 17.0. The third-order valence-corrected chi connectivity index (χ3v) is 3.32. The number of nitrogens with one attached hydrogen (secondary N) is 1. The van der Waals surface area contributed by atoms with Crippen molar-refractivity contribution in [2.75, 3.05) is 7.05 Å². The van der Waals surface area contributed by atoms with Crippen LogP contribution in [0.2, 0.25) is 0 Å². The van der Waals surface area contributed by atoms with E-state index in [-0.39, 0.29) is 0 Å². The van der Waals surface area contributed by atoms with Crippen LogP contribution in [0.1, 0.15) is 11.6 Å². The van der Waals surface area contributed by atoms with E-state index < -0.39 is 0 Å². The molecule has 0 fully saturated rings. The van der Waals surface area contributed by atoms with Crippen LogP contribution in [-0.4, -0.2) is 32.2 Å². The molecule has 0 aliphatic carbocycles. The van der Waals surface area contributed by atoms with Gasteiger partial charge in [0.15, 0.2) is 0 Å². The minimum Gasteiger partial charge on any atom is -0.337 e. The van der Waals surface area contributed by atoms with Crippen LogP contribution in [0, 0.1) is 0 Å². The van der Waals surface area contributed by atoms with E-state index in [4.69, 9.17) is 4.52 Å². The Hall–Kier alpha value is -2.06. The van der Waals surface area contributed by atoms with Crippen LogP contribution in [0.5, 0.6) is 0 Å². The van der Waals surface area contributed by atoms with Crippen molar-refractivity contribution in [2.45, 2.75) is 13.1 Å². The van der Waals surface area contributed by atoms with E-state index in [2.05, 4.69) is 25.8 Å². The van der Waals surface area contributed by atoms with Gasteiger partial charge in [0.25, 0.3) is 0 Å². The summed E-state index contributed by atoms with van der Waals surface area (Å²) < 4.78 is 6.88. The van der Waals surface area contributed by atoms with Crippen molar-refractivity contribution in [3.8, 4) is 10.7 Å². The Bertz CT molecular complexity index is 644. The summed E-state index contributed by atoms with van der Waals surface area (Å²) in [4.78, 5) is 5.32. The Labute approximate surface area is 113 Å². The Kier molecular flexibility index (Phi) is 3.34. The van der Waals surface area contributed by atoms with E-state index in [1.165, 1.54) is 0 Å². The maximum absolute atomic E-state index is 5.20. The monoisotopic (exact) mass is 276 g/mol. The zero-order chi connectivity index (χ0) is 13.1. The second-order valence-electron chi connectivity index (χ2n) is 3.93. The number of nitrogens with zero attached hydrogens (tertiary/aromatic N) is 5. The van der Waals surface area contributed by atoms with Crippen molar-refractivity contribution in [2.24, 2.45) is 0 Å². The van der Waals surface area contributed by atoms with Crippen LogP contribution in [0.25, 0.3) is 10.7 Å². The Morgan fingerprint density at radius 2 is 2.42 bits per heavy atom. The van der Waals surface area contributed by atoms with Crippen LogP contribution in [0.15, 0.2) is 28.2 Å². The van der Waals surface area contributed by atoms with Crippen molar-refractivity contribution in [3.05, 3.63) is 35.3 Å². The Morgan fingerprint density at radius 1 is 1.47 bits per heavy atom. The smallest absolute Gasteiger partial charge is 0.248 e. The molecule has 0 saturated heterocycles. The topological polar surface area (TPSA) is 81.7 Å². The lowest BCUT2D eigenvalue weighted by molar-refractivity contribution is 0.364. The molecule has 0 unspecified atom stereocenters. The van der Waals surface area contributed by atoms with Crippen LogP contribution in [-0.2, 0) is 13.1 Å². The Morgan fingerprint density at radius 3 is 3.21 bits per heavy atom. The molecule has 7 nitrogen and oxygen atoms in total. The molecule has 0 radical (unpaired) electrons. The molecular formula is C11H12N6OS. The van der Waals surface area contributed by atoms with Gasteiger partial charge < -0.3 is 9.84 Å². The molecule has 0 aliphatic rings. The summed E-state index contributed by atoms with van der Waals surface area (Å²) in [5.74, 6) is 1.13. The molecule has 0 aromatic carbocycles. The fraction of sp³-hybridized carbons (Fsp3) is 0.273. The third-order valence-electron chi connectivity index (χ3n) is 2.45. The second-order valence-corrected chi connectivity index (χ2v) is 4.87. The van der Waals surface area contributed by atoms with E-state index >= 15 is 0 Å². The summed E-state index contributed by atoms with van der Waals surface area (Å²) >= 11 is 1.58. The fourth-order valence-electron chi connectivity index (χ4n) is 1.64. The van der Waals surface area contributed by atoms with Crippen molar-refractivity contribution in [3.63, 3.8) is 0 Å². The first-order valence-electron chi connectivity index (χ1n) is 5.75. The molecule has 3 rings (SSSR count). The first-order chi connectivity index (χ1) is 9.35. The van der Waals surface area contributed by atoms with Gasteiger partial charge in [0, 0.05) is 6.54 Å². The van der Waals surface area contributed by atoms with Crippen LogP contribution in [0.4, 0.5) is 0 Å². The molecule has 8 heteroatoms. The maximum Gasteiger partial charge on any atom is 0.248 e. The maximum atomic E-state index is 5.20. The first kappa shape index (κ1) is 12.0. The molecular weight excluding hydrogens is 264 g/mol. The normalized spacial score (nSPS) is 11.0. The van der Waals surface area contributed by atoms with Gasteiger partial charge >= 0.3 is 0 Å². The second kappa shape index (κ2) is 5.29. The molecule has 0 spiro atoms. The standard InChI is InChI=1S/C11H12N6OS/c1-12-5-8-6-17(16-14-8)7-10-13-11(15-18-10)9-3-2-4-19-9/h2-4,6,12H,5,7H2,1H3. The molecule has 19 heavy (non-hydrogen) atoms. The van der Waals surface area contributed by atoms with Crippen LogP contribution >= 0.6 is 11.3 Å². The number of hydrogen-bond donors (Lipinski definition) is 1. The van der Waals surface area contributed by atoms with Gasteiger partial charge in [-0.05, 0) is 18.5 Å². The summed E-state index contributed by atoms with van der Waals surface area (Å²) in [6, 6.07) is 3.91. The zero-order valence-electron chi connectivity index (χ0n) is 10.3. The minimum absolute atomic E-state index is 0.426. The van der Waals surface area contributed by atoms with E-state index in [9.17, 15) is 0 Å². The molecule has 0 amide bonds. The van der Waals surface area contributed by atoms with E-state index in [1.807, 2.05) is 30.8 Å². The lowest BCUT2D eigenvalue weighted by Gasteiger charge is -1.92. The van der Waals surface area contributed by atoms with Crippen molar-refractivity contribution in [1.82, 2.24) is 30.5 Å². The average Bonchev–Trinajstić information content (AvgIpc) is 3.10. The summed E-state index contributed by atoms with van der Waals surface area (Å²) in [5.41, 5.74) is 0.875. The largest absolute Gasteiger partial charge is 0.337 e. The number of rotatable bonds is 5. The number of thiophene rings is 1. The zero-order valence-corrected chi connectivity index (χ0v) is 11.1. The summed E-state index contributed by atoms with van der Waals surface area (Å²) in [7, 11) is 1.87. The molecule has 0 saturated carbocycles. The molecule has 3 aromatic rings. The van der Waals surface area contributed by atoms with Gasteiger partial charge in [0.05, 0.1) is 16.8 Å². The molecule has 0 bridgehead atoms. The highest BCUT2D eigenvalue weighted by molar-refractivity contribution is 7.13. The SMILES string of the molecule is CNCc1cn(Cc2nc(-c3cccs3)no2)nn1. The van der Waals surface area contributed by atoms with Crippen LogP contribution < -0.4 is 5.32 Å². The van der Waals surface area contributed by atoms with Crippen molar-refractivity contribution < 1.29 is 4.52 Å². The fourth-order valence-corrected chi connectivity index (χ4v) is 2.29. The highest BCUT2D eigenvalue weighted by Crippen LogP contribution is 2.21. The highest BCUT2D eigenvalue weighted by Gasteiger charge is 2.10. The predicted molar refractivity (Wildman–Crippen MR) is 69.5 cm³/mol. The molecule has 3 aromatic heterocycles.